The third-order valence-electron chi connectivity index (χ3n) is 2.01. The molecule has 2 aromatic rings. The molecule has 2 rings (SSSR count). The van der Waals surface area contributed by atoms with E-state index in [1.807, 2.05) is 11.4 Å². The van der Waals surface area contributed by atoms with Crippen LogP contribution in [-0.4, -0.2) is 6.61 Å². The van der Waals surface area contributed by atoms with Gasteiger partial charge in [-0.05, 0) is 35.7 Å². The molecule has 15 heavy (non-hydrogen) atoms. The Morgan fingerprint density at radius 2 is 1.93 bits per heavy atom. The Kier molecular flexibility index (Phi) is 3.35. The van der Waals surface area contributed by atoms with Gasteiger partial charge in [0.25, 0.3) is 0 Å². The van der Waals surface area contributed by atoms with Crippen LogP contribution < -0.4 is 4.74 Å². The van der Waals surface area contributed by atoms with Gasteiger partial charge in [0, 0.05) is 11.3 Å². The molecule has 0 aliphatic rings. The van der Waals surface area contributed by atoms with Crippen LogP contribution in [0.25, 0.3) is 0 Å². The zero-order valence-electron chi connectivity index (χ0n) is 8.15. The van der Waals surface area contributed by atoms with E-state index >= 15 is 0 Å². The molecule has 0 spiro atoms. The first-order valence-corrected chi connectivity index (χ1v) is 5.63. The molecule has 0 aliphatic carbocycles. The average Bonchev–Trinajstić information content (AvgIpc) is 2.74. The third kappa shape index (κ3) is 3.06. The molecule has 0 amide bonds. The van der Waals surface area contributed by atoms with Crippen LogP contribution in [0.1, 0.15) is 4.88 Å². The molecule has 1 heterocycles. The third-order valence-corrected chi connectivity index (χ3v) is 2.95. The molecule has 0 radical (unpaired) electrons. The van der Waals surface area contributed by atoms with Crippen LogP contribution in [0.2, 0.25) is 0 Å². The number of halogens is 1. The summed E-state index contributed by atoms with van der Waals surface area (Å²) in [7, 11) is 0. The molecule has 0 fully saturated rings. The van der Waals surface area contributed by atoms with Gasteiger partial charge in [-0.15, -0.1) is 11.3 Å². The summed E-state index contributed by atoms with van der Waals surface area (Å²) in [6.07, 6.45) is 0.898. The lowest BCUT2D eigenvalue weighted by Gasteiger charge is -2.04. The van der Waals surface area contributed by atoms with Gasteiger partial charge in [-0.25, -0.2) is 4.39 Å². The van der Waals surface area contributed by atoms with Gasteiger partial charge in [0.1, 0.15) is 11.6 Å². The number of benzene rings is 1. The van der Waals surface area contributed by atoms with Crippen LogP contribution in [0.3, 0.4) is 0 Å². The number of thiophene rings is 1. The van der Waals surface area contributed by atoms with E-state index in [2.05, 4.69) is 6.07 Å². The number of hydrogen-bond donors (Lipinski definition) is 0. The molecular formula is C12H11FOS. The highest BCUT2D eigenvalue weighted by Crippen LogP contribution is 2.13. The Hall–Kier alpha value is -1.35. The van der Waals surface area contributed by atoms with E-state index in [1.165, 1.54) is 17.0 Å². The summed E-state index contributed by atoms with van der Waals surface area (Å²) in [5.74, 6) is 0.480. The maximum atomic E-state index is 12.6. The van der Waals surface area contributed by atoms with Crippen molar-refractivity contribution in [1.29, 1.82) is 0 Å². The highest BCUT2D eigenvalue weighted by molar-refractivity contribution is 7.09. The van der Waals surface area contributed by atoms with Crippen molar-refractivity contribution in [2.75, 3.05) is 6.61 Å². The van der Waals surface area contributed by atoms with Crippen molar-refractivity contribution in [3.63, 3.8) is 0 Å². The summed E-state index contributed by atoms with van der Waals surface area (Å²) >= 11 is 1.72. The van der Waals surface area contributed by atoms with Gasteiger partial charge < -0.3 is 4.74 Å². The Bertz CT molecular complexity index is 394. The second kappa shape index (κ2) is 4.94. The highest BCUT2D eigenvalue weighted by Gasteiger charge is 1.96. The fourth-order valence-corrected chi connectivity index (χ4v) is 1.95. The minimum Gasteiger partial charge on any atom is -0.493 e. The van der Waals surface area contributed by atoms with E-state index in [0.29, 0.717) is 12.4 Å². The molecule has 0 saturated heterocycles. The second-order valence-corrected chi connectivity index (χ2v) is 4.16. The Balaban J connectivity index is 1.81. The summed E-state index contributed by atoms with van der Waals surface area (Å²) in [5, 5.41) is 2.05. The predicted octanol–water partition coefficient (Wildman–Crippen LogP) is 3.51. The molecule has 1 aromatic carbocycles. The maximum Gasteiger partial charge on any atom is 0.123 e. The van der Waals surface area contributed by atoms with Gasteiger partial charge in [-0.1, -0.05) is 6.07 Å². The molecule has 0 atom stereocenters. The number of ether oxygens (including phenoxy) is 1. The second-order valence-electron chi connectivity index (χ2n) is 3.13. The molecule has 3 heteroatoms. The Labute approximate surface area is 92.1 Å². The Morgan fingerprint density at radius 1 is 1.13 bits per heavy atom. The normalized spacial score (nSPS) is 10.2. The SMILES string of the molecule is Fc1ccc(OCCc2cccs2)cc1. The largest absolute Gasteiger partial charge is 0.493 e. The zero-order chi connectivity index (χ0) is 10.5. The van der Waals surface area contributed by atoms with Gasteiger partial charge in [-0.2, -0.15) is 0 Å². The van der Waals surface area contributed by atoms with Crippen LogP contribution in [0.4, 0.5) is 4.39 Å². The molecule has 1 nitrogen and oxygen atoms in total. The van der Waals surface area contributed by atoms with E-state index in [4.69, 9.17) is 4.74 Å². The zero-order valence-corrected chi connectivity index (χ0v) is 8.97. The van der Waals surface area contributed by atoms with Crippen LogP contribution in [0, 0.1) is 5.82 Å². The van der Waals surface area contributed by atoms with E-state index in [-0.39, 0.29) is 5.82 Å². The highest BCUT2D eigenvalue weighted by atomic mass is 32.1. The molecule has 1 aromatic heterocycles. The molecule has 0 aliphatic heterocycles. The van der Waals surface area contributed by atoms with E-state index in [0.717, 1.165) is 6.42 Å². The first-order valence-electron chi connectivity index (χ1n) is 4.75. The van der Waals surface area contributed by atoms with Gasteiger partial charge in [0.15, 0.2) is 0 Å². The molecule has 0 unspecified atom stereocenters. The van der Waals surface area contributed by atoms with Gasteiger partial charge in [0.2, 0.25) is 0 Å². The first kappa shape index (κ1) is 10.2. The van der Waals surface area contributed by atoms with Gasteiger partial charge in [0.05, 0.1) is 6.61 Å². The predicted molar refractivity (Wildman–Crippen MR) is 59.9 cm³/mol. The van der Waals surface area contributed by atoms with Crippen LogP contribution in [0.15, 0.2) is 41.8 Å². The topological polar surface area (TPSA) is 9.23 Å². The van der Waals surface area contributed by atoms with Crippen LogP contribution in [0.5, 0.6) is 5.75 Å². The Morgan fingerprint density at radius 3 is 2.60 bits per heavy atom. The average molecular weight is 222 g/mol. The quantitative estimate of drug-likeness (QED) is 0.769. The van der Waals surface area contributed by atoms with Crippen molar-refractivity contribution in [2.24, 2.45) is 0 Å². The van der Waals surface area contributed by atoms with Gasteiger partial charge in [-0.3, -0.25) is 0 Å². The minimum absolute atomic E-state index is 0.236. The smallest absolute Gasteiger partial charge is 0.123 e. The number of rotatable bonds is 4. The van der Waals surface area contributed by atoms with Crippen molar-refractivity contribution in [3.05, 3.63) is 52.5 Å². The standard InChI is InChI=1S/C12H11FOS/c13-10-3-5-11(6-4-10)14-8-7-12-2-1-9-15-12/h1-6,9H,7-8H2. The van der Waals surface area contributed by atoms with E-state index in [9.17, 15) is 4.39 Å². The maximum absolute atomic E-state index is 12.6. The van der Waals surface area contributed by atoms with Crippen molar-refractivity contribution < 1.29 is 9.13 Å². The first-order chi connectivity index (χ1) is 7.34. The fraction of sp³-hybridized carbons (Fsp3) is 0.167. The fourth-order valence-electron chi connectivity index (χ4n) is 1.26. The monoisotopic (exact) mass is 222 g/mol. The lowest BCUT2D eigenvalue weighted by atomic mass is 10.3. The molecule has 78 valence electrons. The van der Waals surface area contributed by atoms with Crippen LogP contribution in [-0.2, 0) is 6.42 Å². The van der Waals surface area contributed by atoms with Crippen molar-refractivity contribution in [1.82, 2.24) is 0 Å². The lowest BCUT2D eigenvalue weighted by molar-refractivity contribution is 0.322. The molecular weight excluding hydrogens is 211 g/mol. The molecule has 0 N–H and O–H groups in total. The van der Waals surface area contributed by atoms with E-state index in [1.54, 1.807) is 23.5 Å². The number of hydrogen-bond acceptors (Lipinski definition) is 2. The minimum atomic E-state index is -0.236. The van der Waals surface area contributed by atoms with E-state index < -0.39 is 0 Å². The van der Waals surface area contributed by atoms with Crippen molar-refractivity contribution in [3.8, 4) is 5.75 Å². The summed E-state index contributed by atoms with van der Waals surface area (Å²) in [6, 6.07) is 10.2. The summed E-state index contributed by atoms with van der Waals surface area (Å²) < 4.78 is 18.1. The lowest BCUT2D eigenvalue weighted by Crippen LogP contribution is -1.99. The van der Waals surface area contributed by atoms with Gasteiger partial charge >= 0.3 is 0 Å². The summed E-state index contributed by atoms with van der Waals surface area (Å²) in [5.41, 5.74) is 0. The summed E-state index contributed by atoms with van der Waals surface area (Å²) in [6.45, 7) is 0.631. The molecule has 0 saturated carbocycles. The van der Waals surface area contributed by atoms with Crippen molar-refractivity contribution >= 4 is 11.3 Å². The summed E-state index contributed by atoms with van der Waals surface area (Å²) in [4.78, 5) is 1.30. The molecule has 0 bridgehead atoms. The van der Waals surface area contributed by atoms with Crippen molar-refractivity contribution in [2.45, 2.75) is 6.42 Å². The van der Waals surface area contributed by atoms with Crippen LogP contribution >= 0.6 is 11.3 Å².